The zero-order chi connectivity index (χ0) is 13.8. The summed E-state index contributed by atoms with van der Waals surface area (Å²) in [7, 11) is 0. The van der Waals surface area contributed by atoms with Crippen LogP contribution < -0.4 is 16.6 Å². The van der Waals surface area contributed by atoms with Crippen molar-refractivity contribution in [2.45, 2.75) is 44.8 Å². The van der Waals surface area contributed by atoms with Gasteiger partial charge in [-0.05, 0) is 31.9 Å². The van der Waals surface area contributed by atoms with E-state index in [9.17, 15) is 9.90 Å². The van der Waals surface area contributed by atoms with Crippen molar-refractivity contribution in [1.82, 2.24) is 5.32 Å². The Kier molecular flexibility index (Phi) is 4.39. The molecule has 1 fully saturated rings. The van der Waals surface area contributed by atoms with Gasteiger partial charge in [0.15, 0.2) is 0 Å². The van der Waals surface area contributed by atoms with Gasteiger partial charge in [0.1, 0.15) is 0 Å². The first kappa shape index (κ1) is 13.8. The molecule has 19 heavy (non-hydrogen) atoms. The van der Waals surface area contributed by atoms with Gasteiger partial charge in [0.2, 0.25) is 0 Å². The third-order valence-corrected chi connectivity index (χ3v) is 3.62. The highest BCUT2D eigenvalue weighted by molar-refractivity contribution is 5.99. The molecule has 5 nitrogen and oxygen atoms in total. The van der Waals surface area contributed by atoms with E-state index in [1.807, 2.05) is 13.0 Å². The molecule has 1 aromatic rings. The minimum atomic E-state index is -0.447. The van der Waals surface area contributed by atoms with Crippen LogP contribution in [0.5, 0.6) is 0 Å². The molecular formula is C14H21N3O2. The number of hydrogen-bond acceptors (Lipinski definition) is 4. The molecule has 0 spiro atoms. The van der Waals surface area contributed by atoms with Crippen LogP contribution in [0.1, 0.15) is 41.6 Å². The van der Waals surface area contributed by atoms with Crippen molar-refractivity contribution in [3.8, 4) is 0 Å². The first-order chi connectivity index (χ1) is 9.11. The molecule has 5 N–H and O–H groups in total. The second-order valence-electron chi connectivity index (χ2n) is 5.13. The molecule has 1 saturated carbocycles. The van der Waals surface area contributed by atoms with E-state index in [0.717, 1.165) is 31.2 Å². The SMILES string of the molecule is Cc1ccc(NN)c(C(=O)NC2CCCCC2O)c1. The lowest BCUT2D eigenvalue weighted by atomic mass is 9.92. The number of amides is 1. The fourth-order valence-electron chi connectivity index (χ4n) is 2.50. The molecule has 5 heteroatoms. The van der Waals surface area contributed by atoms with Gasteiger partial charge in [-0.25, -0.2) is 0 Å². The molecule has 104 valence electrons. The minimum Gasteiger partial charge on any atom is -0.391 e. The fraction of sp³-hybridized carbons (Fsp3) is 0.500. The molecule has 0 aromatic heterocycles. The molecule has 0 bridgehead atoms. The molecule has 2 atom stereocenters. The molecule has 0 saturated heterocycles. The molecule has 0 radical (unpaired) electrons. The summed E-state index contributed by atoms with van der Waals surface area (Å²) >= 11 is 0. The quantitative estimate of drug-likeness (QED) is 0.489. The molecule has 1 aliphatic rings. The van der Waals surface area contributed by atoms with Crippen molar-refractivity contribution in [3.05, 3.63) is 29.3 Å². The van der Waals surface area contributed by atoms with Crippen LogP contribution in [-0.2, 0) is 0 Å². The van der Waals surface area contributed by atoms with Crippen LogP contribution in [0.25, 0.3) is 0 Å². The first-order valence-corrected chi connectivity index (χ1v) is 6.68. The van der Waals surface area contributed by atoms with E-state index >= 15 is 0 Å². The van der Waals surface area contributed by atoms with Gasteiger partial charge in [-0.2, -0.15) is 0 Å². The van der Waals surface area contributed by atoms with Crippen molar-refractivity contribution >= 4 is 11.6 Å². The largest absolute Gasteiger partial charge is 0.391 e. The number of hydrazine groups is 1. The number of nitrogen functional groups attached to an aromatic ring is 1. The number of aryl methyl sites for hydroxylation is 1. The molecule has 1 aromatic carbocycles. The van der Waals surface area contributed by atoms with E-state index in [1.165, 1.54) is 0 Å². The molecule has 0 heterocycles. The highest BCUT2D eigenvalue weighted by Crippen LogP contribution is 2.21. The highest BCUT2D eigenvalue weighted by Gasteiger charge is 2.25. The number of hydrogen-bond donors (Lipinski definition) is 4. The average Bonchev–Trinajstić information content (AvgIpc) is 2.41. The number of nitrogens with one attached hydrogen (secondary N) is 2. The number of nitrogens with two attached hydrogens (primary N) is 1. The van der Waals surface area contributed by atoms with Gasteiger partial charge in [-0.3, -0.25) is 10.6 Å². The summed E-state index contributed by atoms with van der Waals surface area (Å²) in [6, 6.07) is 5.30. The number of aliphatic hydroxyl groups is 1. The number of carbonyl (C=O) groups is 1. The number of rotatable bonds is 3. The van der Waals surface area contributed by atoms with Gasteiger partial charge in [0, 0.05) is 0 Å². The van der Waals surface area contributed by atoms with Crippen molar-refractivity contribution in [2.24, 2.45) is 5.84 Å². The summed E-state index contributed by atoms with van der Waals surface area (Å²) in [6.07, 6.45) is 3.19. The van der Waals surface area contributed by atoms with Crippen LogP contribution in [0.2, 0.25) is 0 Å². The van der Waals surface area contributed by atoms with Gasteiger partial charge in [0.05, 0.1) is 23.4 Å². The topological polar surface area (TPSA) is 87.4 Å². The molecular weight excluding hydrogens is 242 g/mol. The monoisotopic (exact) mass is 263 g/mol. The maximum atomic E-state index is 12.3. The second-order valence-corrected chi connectivity index (χ2v) is 5.13. The summed E-state index contributed by atoms with van der Waals surface area (Å²) in [5.74, 6) is 5.23. The second kappa shape index (κ2) is 6.04. The lowest BCUT2D eigenvalue weighted by Crippen LogP contribution is -2.45. The number of benzene rings is 1. The highest BCUT2D eigenvalue weighted by atomic mass is 16.3. The van der Waals surface area contributed by atoms with Crippen molar-refractivity contribution in [2.75, 3.05) is 5.43 Å². The van der Waals surface area contributed by atoms with Crippen LogP contribution in [-0.4, -0.2) is 23.2 Å². The van der Waals surface area contributed by atoms with E-state index in [4.69, 9.17) is 5.84 Å². The van der Waals surface area contributed by atoms with Gasteiger partial charge in [0.25, 0.3) is 5.91 Å². The fourth-order valence-corrected chi connectivity index (χ4v) is 2.50. The standard InChI is InChI=1S/C14H21N3O2/c1-9-6-7-11(17-15)10(8-9)14(19)16-12-4-2-3-5-13(12)18/h6-8,12-13,17-18H,2-5,15H2,1H3,(H,16,19). The third-order valence-electron chi connectivity index (χ3n) is 3.62. The summed E-state index contributed by atoms with van der Waals surface area (Å²) < 4.78 is 0. The Morgan fingerprint density at radius 3 is 2.79 bits per heavy atom. The van der Waals surface area contributed by atoms with E-state index in [2.05, 4.69) is 10.7 Å². The average molecular weight is 263 g/mol. The predicted octanol–water partition coefficient (Wildman–Crippen LogP) is 1.31. The van der Waals surface area contributed by atoms with E-state index in [0.29, 0.717) is 11.3 Å². The normalized spacial score (nSPS) is 22.9. The Labute approximate surface area is 113 Å². The van der Waals surface area contributed by atoms with Gasteiger partial charge < -0.3 is 15.8 Å². The maximum absolute atomic E-state index is 12.3. The van der Waals surface area contributed by atoms with Crippen LogP contribution in [0.3, 0.4) is 0 Å². The van der Waals surface area contributed by atoms with E-state index in [-0.39, 0.29) is 11.9 Å². The van der Waals surface area contributed by atoms with Crippen LogP contribution in [0.15, 0.2) is 18.2 Å². The van der Waals surface area contributed by atoms with E-state index in [1.54, 1.807) is 12.1 Å². The molecule has 2 rings (SSSR count). The van der Waals surface area contributed by atoms with Crippen molar-refractivity contribution in [1.29, 1.82) is 0 Å². The number of anilines is 1. The Morgan fingerprint density at radius 1 is 1.37 bits per heavy atom. The minimum absolute atomic E-state index is 0.160. The van der Waals surface area contributed by atoms with Crippen LogP contribution in [0, 0.1) is 6.92 Å². The molecule has 2 unspecified atom stereocenters. The Balaban J connectivity index is 2.13. The van der Waals surface area contributed by atoms with Crippen molar-refractivity contribution < 1.29 is 9.90 Å². The first-order valence-electron chi connectivity index (χ1n) is 6.68. The van der Waals surface area contributed by atoms with E-state index < -0.39 is 6.10 Å². The van der Waals surface area contributed by atoms with Gasteiger partial charge in [-0.15, -0.1) is 0 Å². The summed E-state index contributed by atoms with van der Waals surface area (Å²) in [5, 5.41) is 12.8. The Hall–Kier alpha value is -1.59. The summed E-state index contributed by atoms with van der Waals surface area (Å²) in [5.41, 5.74) is 4.63. The number of aliphatic hydroxyl groups excluding tert-OH is 1. The van der Waals surface area contributed by atoms with Crippen LogP contribution >= 0.6 is 0 Å². The number of carbonyl (C=O) groups excluding carboxylic acids is 1. The zero-order valence-electron chi connectivity index (χ0n) is 11.1. The lowest BCUT2D eigenvalue weighted by molar-refractivity contribution is 0.0718. The summed E-state index contributed by atoms with van der Waals surface area (Å²) in [6.45, 7) is 1.92. The third kappa shape index (κ3) is 3.24. The van der Waals surface area contributed by atoms with Crippen molar-refractivity contribution in [3.63, 3.8) is 0 Å². The Bertz CT molecular complexity index is 462. The predicted molar refractivity (Wildman–Crippen MR) is 74.7 cm³/mol. The smallest absolute Gasteiger partial charge is 0.253 e. The van der Waals surface area contributed by atoms with Gasteiger partial charge >= 0.3 is 0 Å². The maximum Gasteiger partial charge on any atom is 0.253 e. The summed E-state index contributed by atoms with van der Waals surface area (Å²) in [4.78, 5) is 12.3. The Morgan fingerprint density at radius 2 is 2.11 bits per heavy atom. The molecule has 1 amide bonds. The zero-order valence-corrected chi connectivity index (χ0v) is 11.1. The molecule has 1 aliphatic carbocycles. The van der Waals surface area contributed by atoms with Crippen LogP contribution in [0.4, 0.5) is 5.69 Å². The van der Waals surface area contributed by atoms with Gasteiger partial charge in [-0.1, -0.05) is 24.5 Å². The molecule has 0 aliphatic heterocycles. The lowest BCUT2D eigenvalue weighted by Gasteiger charge is -2.28.